The van der Waals surface area contributed by atoms with E-state index in [1.54, 1.807) is 6.07 Å². The molecule has 6 aromatic carbocycles. The van der Waals surface area contributed by atoms with Crippen LogP contribution in [0.3, 0.4) is 0 Å². The number of hydrogen-bond donors (Lipinski definition) is 0. The first-order chi connectivity index (χ1) is 33.5. The SMILES string of the molecule is CC(C)c1ccccc1Oc1c(Cl)c(Cl)c2c(c1Cl)-c1nc-2nc2[n-]c(nc3nc(nc4[n-]c(n1)c1c(Cl)c(Oc5ccccc5C(C)C)c(Cl)c(Cl)c41)-c1c(Cl)c(Cl)c(Cl)c(Cl)c1-3)c1ccccc21.[Zn+2]. The Kier molecular flexibility index (Phi) is 13.7. The Hall–Kier alpha value is -4.20. The number of aromatic nitrogens is 8. The van der Waals surface area contributed by atoms with Crippen LogP contribution in [0.2, 0.25) is 50.2 Å². The van der Waals surface area contributed by atoms with Gasteiger partial charge in [-0.25, -0.2) is 9.97 Å². The predicted octanol–water partition coefficient (Wildman–Crippen LogP) is 18.5. The molecule has 9 aromatic rings. The zero-order valence-corrected chi connectivity index (χ0v) is 47.5. The monoisotopic (exact) mass is 1180 g/mol. The number of rotatable bonds is 6. The third-order valence-corrected chi connectivity index (χ3v) is 16.0. The standard InChI is InChI=1S/C50H26Cl10N8O2.Zn/c1-17(2)19-11-7-9-15-23(19)69-41-35(55)29-27(33(53)39(41)59)46-63-44-22-14-6-5-13-21(22)43(61-44)62-45-25-26(32(52)38(58)37(57)31(25)51)47(64-45)66-48-28-30(50(67-48)68-49(29)65-46)36(56)42(40(60)34(28)54)70-24-16-10-8-12-20(24)18(3)4;/h5-18H,1-4H3;/q-2;+2. The predicted molar refractivity (Wildman–Crippen MR) is 285 cm³/mol. The molecule has 0 N–H and O–H groups in total. The van der Waals surface area contributed by atoms with Crippen LogP contribution in [-0.4, -0.2) is 29.9 Å². The van der Waals surface area contributed by atoms with Crippen LogP contribution in [0.25, 0.3) is 89.7 Å². The molecule has 71 heavy (non-hydrogen) atoms. The van der Waals surface area contributed by atoms with E-state index in [-0.39, 0.29) is 172 Å². The molecule has 0 atom stereocenters. The third kappa shape index (κ3) is 8.19. The molecule has 0 radical (unpaired) electrons. The Labute approximate surface area is 467 Å². The summed E-state index contributed by atoms with van der Waals surface area (Å²) in [6, 6.07) is 22.3. The summed E-state index contributed by atoms with van der Waals surface area (Å²) in [5.41, 5.74) is 2.99. The van der Waals surface area contributed by atoms with Crippen molar-refractivity contribution in [2.75, 3.05) is 0 Å². The van der Waals surface area contributed by atoms with Crippen LogP contribution in [0, 0.1) is 0 Å². The molecule has 5 heterocycles. The average molecular weight is 1190 g/mol. The van der Waals surface area contributed by atoms with Gasteiger partial charge in [-0.05, 0) is 45.9 Å². The fourth-order valence-electron chi connectivity index (χ4n) is 8.46. The molecular formula is C50H26Cl10N8O2Zn. The topological polar surface area (TPSA) is 124 Å². The Morgan fingerprint density at radius 1 is 0.366 bits per heavy atom. The van der Waals surface area contributed by atoms with Gasteiger partial charge in [0, 0.05) is 55.6 Å². The maximum absolute atomic E-state index is 7.45. The summed E-state index contributed by atoms with van der Waals surface area (Å²) in [6.45, 7) is 8.15. The number of hydrogen-bond acceptors (Lipinski definition) is 8. The van der Waals surface area contributed by atoms with E-state index in [2.05, 4.69) is 0 Å². The van der Waals surface area contributed by atoms with Gasteiger partial charge in [-0.1, -0.05) is 204 Å². The average Bonchev–Trinajstić information content (AvgIpc) is 4.10. The van der Waals surface area contributed by atoms with Crippen LogP contribution >= 0.6 is 116 Å². The quantitative estimate of drug-likeness (QED) is 0.0903. The molecule has 0 amide bonds. The van der Waals surface area contributed by atoms with Crippen molar-refractivity contribution in [1.82, 2.24) is 39.9 Å². The van der Waals surface area contributed by atoms with Crippen molar-refractivity contribution in [2.24, 2.45) is 0 Å². The third-order valence-electron chi connectivity index (χ3n) is 11.8. The second-order valence-electron chi connectivity index (χ2n) is 16.7. The number of benzene rings is 6. The second kappa shape index (κ2) is 19.3. The minimum absolute atomic E-state index is 0. The Morgan fingerprint density at radius 3 is 1.15 bits per heavy atom. The van der Waals surface area contributed by atoms with Gasteiger partial charge in [0.1, 0.15) is 21.5 Å². The van der Waals surface area contributed by atoms with Gasteiger partial charge in [0.25, 0.3) is 0 Å². The van der Waals surface area contributed by atoms with E-state index in [1.165, 1.54) is 0 Å². The minimum atomic E-state index is -0.0468. The van der Waals surface area contributed by atoms with E-state index in [0.717, 1.165) is 11.1 Å². The van der Waals surface area contributed by atoms with Crippen LogP contribution in [0.15, 0.2) is 72.8 Å². The fraction of sp³-hybridized carbons (Fsp3) is 0.120. The number of ether oxygens (including phenoxy) is 2. The van der Waals surface area contributed by atoms with Crippen LogP contribution in [-0.2, 0) is 19.5 Å². The summed E-state index contributed by atoms with van der Waals surface area (Å²) in [5, 5.41) is 1.44. The molecule has 8 bridgehead atoms. The molecule has 3 aromatic heterocycles. The van der Waals surface area contributed by atoms with Crippen molar-refractivity contribution >= 4 is 160 Å². The summed E-state index contributed by atoms with van der Waals surface area (Å²) in [5.74, 6) is 1.30. The number of nitrogens with zero attached hydrogens (tertiary/aromatic N) is 8. The van der Waals surface area contributed by atoms with E-state index in [1.807, 2.05) is 94.4 Å². The van der Waals surface area contributed by atoms with Crippen LogP contribution in [0.5, 0.6) is 23.0 Å². The van der Waals surface area contributed by atoms with Gasteiger partial charge in [0.2, 0.25) is 0 Å². The molecule has 0 aliphatic carbocycles. The van der Waals surface area contributed by atoms with E-state index in [0.29, 0.717) is 22.3 Å². The van der Waals surface area contributed by atoms with E-state index in [4.69, 9.17) is 165 Å². The molecule has 2 aliphatic rings. The molecule has 0 unspecified atom stereocenters. The van der Waals surface area contributed by atoms with Crippen LogP contribution in [0.1, 0.15) is 50.7 Å². The molecule has 11 rings (SSSR count). The molecule has 0 saturated heterocycles. The summed E-state index contributed by atoms with van der Waals surface area (Å²) >= 11 is 71.1. The van der Waals surface area contributed by atoms with Crippen molar-refractivity contribution in [3.63, 3.8) is 0 Å². The van der Waals surface area contributed by atoms with Gasteiger partial charge in [0.05, 0.1) is 63.5 Å². The van der Waals surface area contributed by atoms with Crippen molar-refractivity contribution in [3.05, 3.63) is 134 Å². The summed E-state index contributed by atoms with van der Waals surface area (Å²) < 4.78 is 13.1. The van der Waals surface area contributed by atoms with Crippen molar-refractivity contribution in [2.45, 2.75) is 39.5 Å². The molecule has 350 valence electrons. The Morgan fingerprint density at radius 2 is 0.704 bits per heavy atom. The van der Waals surface area contributed by atoms with Crippen molar-refractivity contribution in [3.8, 4) is 68.5 Å². The van der Waals surface area contributed by atoms with E-state index < -0.39 is 0 Å². The normalized spacial score (nSPS) is 11.9. The number of halogens is 10. The Bertz CT molecular complexity index is 3960. The van der Waals surface area contributed by atoms with Crippen molar-refractivity contribution in [1.29, 1.82) is 0 Å². The molecular weight excluding hydrogens is 1160 g/mol. The van der Waals surface area contributed by atoms with Gasteiger partial charge >= 0.3 is 19.5 Å². The maximum atomic E-state index is 7.45. The minimum Gasteiger partial charge on any atom is -0.454 e. The van der Waals surface area contributed by atoms with Gasteiger partial charge in [-0.3, -0.25) is 0 Å². The molecule has 0 fully saturated rings. The Balaban J connectivity index is 0.00000582. The molecule has 2 aliphatic heterocycles. The number of fused-ring (bicyclic) bond motifs is 20. The summed E-state index contributed by atoms with van der Waals surface area (Å²) in [6.07, 6.45) is 0. The molecule has 21 heteroatoms. The van der Waals surface area contributed by atoms with E-state index >= 15 is 0 Å². The molecule has 10 nitrogen and oxygen atoms in total. The van der Waals surface area contributed by atoms with Crippen molar-refractivity contribution < 1.29 is 29.0 Å². The maximum Gasteiger partial charge on any atom is 2.00 e. The van der Waals surface area contributed by atoms with Gasteiger partial charge < -0.3 is 39.4 Å². The first-order valence-electron chi connectivity index (χ1n) is 21.2. The van der Waals surface area contributed by atoms with Crippen LogP contribution in [0.4, 0.5) is 0 Å². The second-order valence-corrected chi connectivity index (χ2v) is 20.4. The van der Waals surface area contributed by atoms with Crippen LogP contribution < -0.4 is 19.4 Å². The van der Waals surface area contributed by atoms with E-state index in [9.17, 15) is 0 Å². The van der Waals surface area contributed by atoms with Gasteiger partial charge in [0.15, 0.2) is 11.5 Å². The van der Waals surface area contributed by atoms with Gasteiger partial charge in [-0.2, -0.15) is 0 Å². The molecule has 0 spiro atoms. The largest absolute Gasteiger partial charge is 2.00 e. The summed E-state index contributed by atoms with van der Waals surface area (Å²) in [7, 11) is 0. The van der Waals surface area contributed by atoms with Gasteiger partial charge in [-0.15, -0.1) is 0 Å². The fourth-order valence-corrected chi connectivity index (χ4v) is 11.2. The molecule has 0 saturated carbocycles. The number of para-hydroxylation sites is 2. The summed E-state index contributed by atoms with van der Waals surface area (Å²) in [4.78, 5) is 39.7. The first kappa shape index (κ1) is 50.3. The zero-order valence-electron chi connectivity index (χ0n) is 37.0. The first-order valence-corrected chi connectivity index (χ1v) is 24.9. The smallest absolute Gasteiger partial charge is 0.454 e. The zero-order chi connectivity index (χ0) is 49.2.